The van der Waals surface area contributed by atoms with Crippen LogP contribution < -0.4 is 0 Å². The Kier molecular flexibility index (Phi) is 3.89. The van der Waals surface area contributed by atoms with Crippen LogP contribution in [-0.2, 0) is 9.47 Å². The average Bonchev–Trinajstić information content (AvgIpc) is 3.11. The third-order valence-corrected chi connectivity index (χ3v) is 9.37. The Bertz CT molecular complexity index is 681. The van der Waals surface area contributed by atoms with Crippen LogP contribution in [0.3, 0.4) is 0 Å². The summed E-state index contributed by atoms with van der Waals surface area (Å²) in [5, 5.41) is 10.5. The van der Waals surface area contributed by atoms with Crippen molar-refractivity contribution in [1.29, 1.82) is 0 Å². The highest BCUT2D eigenvalue weighted by atomic mass is 16.8. The Labute approximate surface area is 164 Å². The number of hydrogen-bond acceptors (Lipinski definition) is 3. The lowest BCUT2D eigenvalue weighted by Crippen LogP contribution is -2.63. The van der Waals surface area contributed by atoms with Crippen LogP contribution in [0, 0.1) is 34.5 Å². The third kappa shape index (κ3) is 2.37. The van der Waals surface area contributed by atoms with Crippen LogP contribution in [0.4, 0.5) is 0 Å². The first-order chi connectivity index (χ1) is 12.7. The molecule has 27 heavy (non-hydrogen) atoms. The Hall–Kier alpha value is -0.640. The van der Waals surface area contributed by atoms with E-state index in [4.69, 9.17) is 9.47 Å². The first kappa shape index (κ1) is 18.4. The van der Waals surface area contributed by atoms with Crippen molar-refractivity contribution in [1.82, 2.24) is 0 Å². The molecular formula is C24H36O3. The summed E-state index contributed by atoms with van der Waals surface area (Å²) in [4.78, 5) is 0. The summed E-state index contributed by atoms with van der Waals surface area (Å²) < 4.78 is 13.2. The molecule has 0 bridgehead atoms. The monoisotopic (exact) mass is 372 g/mol. The lowest BCUT2D eigenvalue weighted by Gasteiger charge is -2.63. The van der Waals surface area contributed by atoms with E-state index < -0.39 is 5.79 Å². The van der Waals surface area contributed by atoms with Gasteiger partial charge >= 0.3 is 0 Å². The molecule has 5 rings (SSSR count). The van der Waals surface area contributed by atoms with Gasteiger partial charge in [0.05, 0.1) is 18.3 Å². The summed E-state index contributed by atoms with van der Waals surface area (Å²) in [6.45, 7) is 13.2. The van der Waals surface area contributed by atoms with E-state index in [1.54, 1.807) is 0 Å². The SMILES string of the molecule is C=CC1=CCC2C3C(CC[C@]12C)[C@@]1(C)CC[C@@H](O)CC1[C@H]1OC(C)(C)O[C@H]31. The number of allylic oxidation sites excluding steroid dienone is 3. The van der Waals surface area contributed by atoms with Crippen LogP contribution in [0.25, 0.3) is 0 Å². The summed E-state index contributed by atoms with van der Waals surface area (Å²) in [5.41, 5.74) is 1.95. The second-order valence-electron chi connectivity index (χ2n) is 11.0. The quantitative estimate of drug-likeness (QED) is 0.715. The van der Waals surface area contributed by atoms with Crippen LogP contribution in [0.15, 0.2) is 24.3 Å². The van der Waals surface area contributed by atoms with Crippen molar-refractivity contribution in [2.24, 2.45) is 34.5 Å². The van der Waals surface area contributed by atoms with Gasteiger partial charge in [0.15, 0.2) is 5.79 Å². The maximum absolute atomic E-state index is 10.5. The lowest BCUT2D eigenvalue weighted by molar-refractivity contribution is -0.183. The molecule has 5 aliphatic rings. The average molecular weight is 373 g/mol. The van der Waals surface area contributed by atoms with Gasteiger partial charge in [-0.3, -0.25) is 0 Å². The highest BCUT2D eigenvalue weighted by molar-refractivity contribution is 5.33. The molecule has 1 saturated heterocycles. The number of aliphatic hydroxyl groups excluding tert-OH is 1. The van der Waals surface area contributed by atoms with Crippen molar-refractivity contribution in [3.8, 4) is 0 Å². The minimum atomic E-state index is -0.519. The normalized spacial score (nSPS) is 55.7. The fourth-order valence-corrected chi connectivity index (χ4v) is 8.08. The van der Waals surface area contributed by atoms with Gasteiger partial charge in [0.25, 0.3) is 0 Å². The Morgan fingerprint density at radius 2 is 1.78 bits per heavy atom. The van der Waals surface area contributed by atoms with Crippen molar-refractivity contribution >= 4 is 0 Å². The van der Waals surface area contributed by atoms with Gasteiger partial charge in [0.1, 0.15) is 0 Å². The lowest BCUT2D eigenvalue weighted by atomic mass is 9.43. The molecule has 0 spiro atoms. The zero-order valence-electron chi connectivity index (χ0n) is 17.4. The standard InChI is InChI=1S/C24H36O3/c1-6-14-7-8-16-19-17(10-12-23(14,16)4)24(5)11-9-15(25)13-18(24)20-21(19)27-22(2,3)26-20/h6-7,15-21,25H,1,8-13H2,2-5H3/t15-,16?,17?,18?,19?,20-,21-,23-,24-/m1/s1. The predicted molar refractivity (Wildman–Crippen MR) is 106 cm³/mol. The van der Waals surface area contributed by atoms with Gasteiger partial charge in [-0.25, -0.2) is 0 Å². The van der Waals surface area contributed by atoms with Crippen molar-refractivity contribution < 1.29 is 14.6 Å². The van der Waals surface area contributed by atoms with E-state index >= 15 is 0 Å². The minimum Gasteiger partial charge on any atom is -0.393 e. The second kappa shape index (κ2) is 5.70. The van der Waals surface area contributed by atoms with E-state index in [1.807, 2.05) is 0 Å². The fourth-order valence-electron chi connectivity index (χ4n) is 8.08. The molecule has 1 aliphatic heterocycles. The second-order valence-corrected chi connectivity index (χ2v) is 11.0. The van der Waals surface area contributed by atoms with E-state index in [1.165, 1.54) is 18.4 Å². The predicted octanol–water partition coefficient (Wildman–Crippen LogP) is 4.85. The van der Waals surface area contributed by atoms with Crippen molar-refractivity contribution in [3.63, 3.8) is 0 Å². The highest BCUT2D eigenvalue weighted by Crippen LogP contribution is 2.68. The maximum atomic E-state index is 10.5. The summed E-state index contributed by atoms with van der Waals surface area (Å²) >= 11 is 0. The van der Waals surface area contributed by atoms with Gasteiger partial charge < -0.3 is 14.6 Å². The molecule has 0 aromatic rings. The molecule has 0 aromatic carbocycles. The molecule has 4 aliphatic carbocycles. The van der Waals surface area contributed by atoms with Crippen molar-refractivity contribution in [2.75, 3.05) is 0 Å². The van der Waals surface area contributed by atoms with Crippen LogP contribution in [0.2, 0.25) is 0 Å². The molecule has 3 nitrogen and oxygen atoms in total. The Morgan fingerprint density at radius 3 is 2.52 bits per heavy atom. The minimum absolute atomic E-state index is 0.122. The topological polar surface area (TPSA) is 38.7 Å². The summed E-state index contributed by atoms with van der Waals surface area (Å²) in [5.74, 6) is 1.73. The van der Waals surface area contributed by atoms with E-state index in [2.05, 4.69) is 46.4 Å². The molecule has 4 unspecified atom stereocenters. The number of hydrogen-bond donors (Lipinski definition) is 1. The van der Waals surface area contributed by atoms with Gasteiger partial charge in [-0.05, 0) is 92.4 Å². The summed E-state index contributed by atoms with van der Waals surface area (Å²) in [7, 11) is 0. The largest absolute Gasteiger partial charge is 0.393 e. The number of aliphatic hydroxyl groups is 1. The molecule has 0 radical (unpaired) electrons. The van der Waals surface area contributed by atoms with Crippen LogP contribution >= 0.6 is 0 Å². The number of ether oxygens (including phenoxy) is 2. The van der Waals surface area contributed by atoms with E-state index in [0.29, 0.717) is 23.7 Å². The van der Waals surface area contributed by atoms with Gasteiger partial charge in [-0.1, -0.05) is 32.6 Å². The van der Waals surface area contributed by atoms with Crippen LogP contribution in [-0.4, -0.2) is 29.2 Å². The molecular weight excluding hydrogens is 336 g/mol. The maximum Gasteiger partial charge on any atom is 0.163 e. The van der Waals surface area contributed by atoms with Crippen LogP contribution in [0.1, 0.15) is 66.2 Å². The molecule has 0 aromatic heterocycles. The first-order valence-electron chi connectivity index (χ1n) is 11.1. The molecule has 0 amide bonds. The molecule has 150 valence electrons. The molecule has 9 atom stereocenters. The summed E-state index contributed by atoms with van der Waals surface area (Å²) in [6, 6.07) is 0. The molecule has 1 N–H and O–H groups in total. The zero-order chi connectivity index (χ0) is 19.2. The molecule has 1 heterocycles. The molecule has 4 fully saturated rings. The summed E-state index contributed by atoms with van der Waals surface area (Å²) in [6.07, 6.45) is 11.2. The van der Waals surface area contributed by atoms with Crippen LogP contribution in [0.5, 0.6) is 0 Å². The fraction of sp³-hybridized carbons (Fsp3) is 0.833. The number of fused-ring (bicyclic) bond motifs is 8. The Balaban J connectivity index is 1.58. The molecule has 3 saturated carbocycles. The first-order valence-corrected chi connectivity index (χ1v) is 11.1. The van der Waals surface area contributed by atoms with Gasteiger partial charge in [-0.15, -0.1) is 0 Å². The third-order valence-electron chi connectivity index (χ3n) is 9.37. The molecule has 3 heteroatoms. The Morgan fingerprint density at radius 1 is 1.04 bits per heavy atom. The van der Waals surface area contributed by atoms with Gasteiger partial charge in [-0.2, -0.15) is 0 Å². The van der Waals surface area contributed by atoms with E-state index in [0.717, 1.165) is 25.7 Å². The number of rotatable bonds is 1. The van der Waals surface area contributed by atoms with Gasteiger partial charge in [0, 0.05) is 0 Å². The highest BCUT2D eigenvalue weighted by Gasteiger charge is 2.67. The van der Waals surface area contributed by atoms with E-state index in [-0.39, 0.29) is 29.1 Å². The zero-order valence-corrected chi connectivity index (χ0v) is 17.4. The van der Waals surface area contributed by atoms with Crippen molar-refractivity contribution in [2.45, 2.75) is 90.3 Å². The van der Waals surface area contributed by atoms with Gasteiger partial charge in [0.2, 0.25) is 0 Å². The van der Waals surface area contributed by atoms with Crippen molar-refractivity contribution in [3.05, 3.63) is 24.3 Å². The van der Waals surface area contributed by atoms with E-state index in [9.17, 15) is 5.11 Å². The smallest absolute Gasteiger partial charge is 0.163 e.